The number of pyridine rings is 1. The van der Waals surface area contributed by atoms with Crippen molar-refractivity contribution in [2.75, 3.05) is 18.4 Å². The molecule has 0 unspecified atom stereocenters. The van der Waals surface area contributed by atoms with E-state index in [4.69, 9.17) is 0 Å². The van der Waals surface area contributed by atoms with Gasteiger partial charge in [-0.05, 0) is 61.6 Å². The number of aromatic nitrogens is 1. The number of halogens is 1. The lowest BCUT2D eigenvalue weighted by atomic mass is 10.1. The summed E-state index contributed by atoms with van der Waals surface area (Å²) >= 11 is 0. The zero-order chi connectivity index (χ0) is 21.1. The number of likely N-dealkylation sites (tertiary alicyclic amines) is 1. The van der Waals surface area contributed by atoms with Crippen molar-refractivity contribution in [3.8, 4) is 6.07 Å². The van der Waals surface area contributed by atoms with Gasteiger partial charge in [0.05, 0.1) is 16.8 Å². The summed E-state index contributed by atoms with van der Waals surface area (Å²) in [6.07, 6.45) is 4.83. The average molecular weight is 402 g/mol. The van der Waals surface area contributed by atoms with E-state index in [0.29, 0.717) is 34.3 Å². The van der Waals surface area contributed by atoms with Gasteiger partial charge in [-0.3, -0.25) is 9.78 Å². The minimum absolute atomic E-state index is 0.0760. The zero-order valence-electron chi connectivity index (χ0n) is 16.9. The summed E-state index contributed by atoms with van der Waals surface area (Å²) in [5.41, 5.74) is 3.97. The van der Waals surface area contributed by atoms with Gasteiger partial charge >= 0.3 is 0 Å². The smallest absolute Gasteiger partial charge is 0.253 e. The molecule has 1 aromatic heterocycles. The van der Waals surface area contributed by atoms with Crippen LogP contribution in [-0.4, -0.2) is 28.9 Å². The van der Waals surface area contributed by atoms with Crippen LogP contribution in [0, 0.1) is 24.1 Å². The van der Waals surface area contributed by atoms with Crippen LogP contribution in [0.1, 0.15) is 46.3 Å². The van der Waals surface area contributed by atoms with Crippen LogP contribution in [0.15, 0.2) is 42.6 Å². The molecule has 152 valence electrons. The summed E-state index contributed by atoms with van der Waals surface area (Å²) in [5.74, 6) is -0.285. The predicted octanol–water partition coefficient (Wildman–Crippen LogP) is 4.79. The number of rotatable bonds is 4. The number of benzene rings is 2. The summed E-state index contributed by atoms with van der Waals surface area (Å²) in [6, 6.07) is 12.5. The fourth-order valence-electron chi connectivity index (χ4n) is 3.95. The first-order chi connectivity index (χ1) is 14.6. The highest BCUT2D eigenvalue weighted by Crippen LogP contribution is 2.29. The topological polar surface area (TPSA) is 69.0 Å². The van der Waals surface area contributed by atoms with E-state index in [1.54, 1.807) is 6.92 Å². The summed E-state index contributed by atoms with van der Waals surface area (Å²) in [5, 5.41) is 13.3. The molecule has 1 fully saturated rings. The second-order valence-corrected chi connectivity index (χ2v) is 7.68. The van der Waals surface area contributed by atoms with E-state index in [1.807, 2.05) is 29.2 Å². The number of nitriles is 1. The molecule has 2 heterocycles. The van der Waals surface area contributed by atoms with Gasteiger partial charge < -0.3 is 10.2 Å². The highest BCUT2D eigenvalue weighted by atomic mass is 19.1. The number of hydrogen-bond donors (Lipinski definition) is 1. The Hall–Kier alpha value is -3.46. The van der Waals surface area contributed by atoms with Crippen LogP contribution < -0.4 is 5.32 Å². The fourth-order valence-corrected chi connectivity index (χ4v) is 3.95. The van der Waals surface area contributed by atoms with Crippen molar-refractivity contribution in [3.05, 3.63) is 70.7 Å². The first-order valence-corrected chi connectivity index (χ1v) is 10.2. The third-order valence-electron chi connectivity index (χ3n) is 5.56. The Morgan fingerprint density at radius 2 is 1.93 bits per heavy atom. The lowest BCUT2D eigenvalue weighted by Crippen LogP contribution is -2.35. The van der Waals surface area contributed by atoms with E-state index in [2.05, 4.69) is 16.4 Å². The third kappa shape index (κ3) is 3.97. The van der Waals surface area contributed by atoms with E-state index in [-0.39, 0.29) is 11.7 Å². The molecule has 2 aromatic carbocycles. The Morgan fingerprint density at radius 1 is 1.20 bits per heavy atom. The zero-order valence-corrected chi connectivity index (χ0v) is 16.9. The fraction of sp³-hybridized carbons (Fsp3) is 0.292. The summed E-state index contributed by atoms with van der Waals surface area (Å²) in [7, 11) is 0. The van der Waals surface area contributed by atoms with Gasteiger partial charge in [-0.25, -0.2) is 4.39 Å². The van der Waals surface area contributed by atoms with Crippen LogP contribution >= 0.6 is 0 Å². The SMILES string of the molecule is Cc1cc(F)cc2c(NCc3ccc(C(=O)N4CCCCC4)cc3)c(C#N)cnc12. The highest BCUT2D eigenvalue weighted by molar-refractivity contribution is 5.96. The Bertz CT molecular complexity index is 1130. The lowest BCUT2D eigenvalue weighted by molar-refractivity contribution is 0.0724. The summed E-state index contributed by atoms with van der Waals surface area (Å²) < 4.78 is 14.0. The number of nitrogens with zero attached hydrogens (tertiary/aromatic N) is 3. The van der Waals surface area contributed by atoms with E-state index in [9.17, 15) is 14.4 Å². The van der Waals surface area contributed by atoms with E-state index in [0.717, 1.165) is 37.1 Å². The molecular weight excluding hydrogens is 379 g/mol. The maximum absolute atomic E-state index is 14.0. The maximum atomic E-state index is 14.0. The van der Waals surface area contributed by atoms with E-state index < -0.39 is 0 Å². The van der Waals surface area contributed by atoms with Crippen molar-refractivity contribution in [3.63, 3.8) is 0 Å². The molecule has 0 bridgehead atoms. The van der Waals surface area contributed by atoms with Crippen LogP contribution in [0.2, 0.25) is 0 Å². The maximum Gasteiger partial charge on any atom is 0.253 e. The van der Waals surface area contributed by atoms with Crippen molar-refractivity contribution < 1.29 is 9.18 Å². The lowest BCUT2D eigenvalue weighted by Gasteiger charge is -2.26. The van der Waals surface area contributed by atoms with Gasteiger partial charge in [0.25, 0.3) is 5.91 Å². The Labute approximate surface area is 175 Å². The number of hydrogen-bond acceptors (Lipinski definition) is 4. The van der Waals surface area contributed by atoms with Gasteiger partial charge in [0.1, 0.15) is 11.9 Å². The molecule has 1 aliphatic rings. The van der Waals surface area contributed by atoms with Gasteiger partial charge in [0.15, 0.2) is 0 Å². The molecule has 0 spiro atoms. The van der Waals surface area contributed by atoms with E-state index >= 15 is 0 Å². The molecule has 4 rings (SSSR count). The first-order valence-electron chi connectivity index (χ1n) is 10.2. The number of carbonyl (C=O) groups excluding carboxylic acids is 1. The Balaban J connectivity index is 1.54. The molecular formula is C24H23FN4O. The second-order valence-electron chi connectivity index (χ2n) is 7.68. The second kappa shape index (κ2) is 8.50. The third-order valence-corrected chi connectivity index (χ3v) is 5.56. The molecule has 0 atom stereocenters. The molecule has 5 nitrogen and oxygen atoms in total. The summed E-state index contributed by atoms with van der Waals surface area (Å²) in [4.78, 5) is 18.8. The number of amides is 1. The minimum atomic E-state index is -0.361. The number of fused-ring (bicyclic) bond motifs is 1. The molecule has 0 saturated carbocycles. The van der Waals surface area contributed by atoms with Crippen LogP contribution in [-0.2, 0) is 6.54 Å². The van der Waals surface area contributed by atoms with Gasteiger partial charge in [0, 0.05) is 36.8 Å². The number of nitrogens with one attached hydrogen (secondary N) is 1. The molecule has 30 heavy (non-hydrogen) atoms. The largest absolute Gasteiger partial charge is 0.379 e. The number of anilines is 1. The summed E-state index contributed by atoms with van der Waals surface area (Å²) in [6.45, 7) is 3.89. The molecule has 1 amide bonds. The van der Waals surface area contributed by atoms with Gasteiger partial charge in [-0.15, -0.1) is 0 Å². The average Bonchev–Trinajstić information content (AvgIpc) is 2.77. The van der Waals surface area contributed by atoms with Crippen molar-refractivity contribution in [1.82, 2.24) is 9.88 Å². The Kier molecular flexibility index (Phi) is 5.62. The standard InChI is InChI=1S/C24H23FN4O/c1-16-11-20(25)12-21-22(16)28-15-19(13-26)23(21)27-14-17-5-7-18(8-6-17)24(30)29-9-3-2-4-10-29/h5-8,11-12,15H,2-4,9-10,14H2,1H3,(H,27,28). The van der Waals surface area contributed by atoms with Crippen molar-refractivity contribution in [2.24, 2.45) is 0 Å². The molecule has 6 heteroatoms. The first kappa shape index (κ1) is 19.8. The minimum Gasteiger partial charge on any atom is -0.379 e. The van der Waals surface area contributed by atoms with Crippen LogP contribution in [0.25, 0.3) is 10.9 Å². The molecule has 1 N–H and O–H groups in total. The predicted molar refractivity (Wildman–Crippen MR) is 115 cm³/mol. The number of aryl methyl sites for hydroxylation is 1. The number of piperidine rings is 1. The van der Waals surface area contributed by atoms with Crippen molar-refractivity contribution in [2.45, 2.75) is 32.7 Å². The normalized spacial score (nSPS) is 13.8. The highest BCUT2D eigenvalue weighted by Gasteiger charge is 2.18. The molecule has 0 radical (unpaired) electrons. The quantitative estimate of drug-likeness (QED) is 0.681. The van der Waals surface area contributed by atoms with Crippen LogP contribution in [0.4, 0.5) is 10.1 Å². The number of carbonyl (C=O) groups is 1. The Morgan fingerprint density at radius 3 is 2.63 bits per heavy atom. The van der Waals surface area contributed by atoms with E-state index in [1.165, 1.54) is 24.8 Å². The van der Waals surface area contributed by atoms with Crippen molar-refractivity contribution in [1.29, 1.82) is 5.26 Å². The van der Waals surface area contributed by atoms with Crippen molar-refractivity contribution >= 4 is 22.5 Å². The van der Waals surface area contributed by atoms with Crippen LogP contribution in [0.5, 0.6) is 0 Å². The monoisotopic (exact) mass is 402 g/mol. The molecule has 1 saturated heterocycles. The van der Waals surface area contributed by atoms with Crippen LogP contribution in [0.3, 0.4) is 0 Å². The molecule has 0 aliphatic carbocycles. The molecule has 3 aromatic rings. The molecule has 1 aliphatic heterocycles. The van der Waals surface area contributed by atoms with Gasteiger partial charge in [0.2, 0.25) is 0 Å². The van der Waals surface area contributed by atoms with Gasteiger partial charge in [-0.1, -0.05) is 12.1 Å². The van der Waals surface area contributed by atoms with Gasteiger partial charge in [-0.2, -0.15) is 5.26 Å².